The molecule has 11 heteroatoms. The van der Waals surface area contributed by atoms with Crippen molar-refractivity contribution in [3.05, 3.63) is 142 Å². The first-order valence-corrected chi connectivity index (χ1v) is 18.9. The number of pyridine rings is 1. The molecule has 0 amide bonds. The lowest BCUT2D eigenvalue weighted by Gasteiger charge is -2.47. The number of carboxylic acids is 1. The molecule has 1 aliphatic carbocycles. The third-order valence-electron chi connectivity index (χ3n) is 10.4. The van der Waals surface area contributed by atoms with Gasteiger partial charge in [0.25, 0.3) is 0 Å². The van der Waals surface area contributed by atoms with E-state index < -0.39 is 23.0 Å². The van der Waals surface area contributed by atoms with Gasteiger partial charge in [0.15, 0.2) is 0 Å². The molecule has 2 aliphatic rings. The first-order valence-electron chi connectivity index (χ1n) is 18.5. The van der Waals surface area contributed by atoms with Crippen molar-refractivity contribution < 1.29 is 29.2 Å². The van der Waals surface area contributed by atoms with Crippen molar-refractivity contribution in [1.82, 2.24) is 15.2 Å². The second-order valence-corrected chi connectivity index (χ2v) is 14.9. The highest BCUT2D eigenvalue weighted by atomic mass is 35.5. The van der Waals surface area contributed by atoms with Gasteiger partial charge in [-0.25, -0.2) is 0 Å². The van der Waals surface area contributed by atoms with E-state index in [2.05, 4.69) is 59.4 Å². The predicted octanol–water partition coefficient (Wildman–Crippen LogP) is 7.37. The van der Waals surface area contributed by atoms with E-state index >= 15 is 0 Å². The quantitative estimate of drug-likeness (QED) is 0.0936. The molecule has 6 rings (SSSR count). The highest BCUT2D eigenvalue weighted by Crippen LogP contribution is 2.49. The minimum atomic E-state index is -1.02. The number of halogens is 1. The lowest BCUT2D eigenvalue weighted by atomic mass is 9.65. The number of nitrogens with one attached hydrogen (secondary N) is 1. The Bertz CT molecular complexity index is 2030. The maximum atomic E-state index is 12.3. The molecule has 3 atom stereocenters. The summed E-state index contributed by atoms with van der Waals surface area (Å²) in [5.41, 5.74) is 3.09. The van der Waals surface area contributed by atoms with Crippen molar-refractivity contribution in [2.45, 2.75) is 57.6 Å². The van der Waals surface area contributed by atoms with Crippen LogP contribution < -0.4 is 14.8 Å². The molecule has 0 radical (unpaired) electrons. The molecule has 55 heavy (non-hydrogen) atoms. The summed E-state index contributed by atoms with van der Waals surface area (Å²) in [6, 6.07) is 25.5. The van der Waals surface area contributed by atoms with Gasteiger partial charge in [0, 0.05) is 67.8 Å². The van der Waals surface area contributed by atoms with E-state index in [4.69, 9.17) is 25.8 Å². The summed E-state index contributed by atoms with van der Waals surface area (Å²) in [4.78, 5) is 18.7. The van der Waals surface area contributed by atoms with Gasteiger partial charge in [0.2, 0.25) is 0 Å². The van der Waals surface area contributed by atoms with E-state index in [0.717, 1.165) is 37.1 Å². The molecule has 0 saturated carbocycles. The Hall–Kier alpha value is -5.02. The molecule has 4 aromatic rings. The van der Waals surface area contributed by atoms with Gasteiger partial charge in [-0.3, -0.25) is 15.1 Å². The third kappa shape index (κ3) is 9.62. The fourth-order valence-corrected chi connectivity index (χ4v) is 7.45. The van der Waals surface area contributed by atoms with Crippen LogP contribution in [-0.4, -0.2) is 70.6 Å². The molecule has 0 spiro atoms. The summed E-state index contributed by atoms with van der Waals surface area (Å²) in [6.07, 6.45) is 10.6. The normalized spacial score (nSPS) is 19.7. The maximum absolute atomic E-state index is 12.3. The third-order valence-corrected chi connectivity index (χ3v) is 10.7. The summed E-state index contributed by atoms with van der Waals surface area (Å²) < 4.78 is 19.8. The number of aromatic nitrogens is 1. The van der Waals surface area contributed by atoms with Gasteiger partial charge in [-0.05, 0) is 47.8 Å². The number of rotatable bonds is 17. The van der Waals surface area contributed by atoms with Crippen molar-refractivity contribution in [2.24, 2.45) is 5.41 Å². The van der Waals surface area contributed by atoms with Gasteiger partial charge in [-0.2, -0.15) is 5.26 Å². The summed E-state index contributed by atoms with van der Waals surface area (Å²) >= 11 is 6.96. The summed E-state index contributed by atoms with van der Waals surface area (Å²) in [7, 11) is 0. The van der Waals surface area contributed by atoms with Gasteiger partial charge < -0.3 is 29.3 Å². The number of nitrogens with zero attached hydrogens (tertiary/aromatic N) is 3. The van der Waals surface area contributed by atoms with Crippen LogP contribution in [0.5, 0.6) is 11.5 Å². The average molecular weight is 763 g/mol. The molecule has 0 bridgehead atoms. The zero-order chi connectivity index (χ0) is 38.8. The van der Waals surface area contributed by atoms with Crippen molar-refractivity contribution in [2.75, 3.05) is 32.8 Å². The maximum Gasteiger partial charge on any atom is 0.325 e. The fraction of sp³-hybridized carbons (Fsp3) is 0.341. The molecular formula is C44H47ClN4O6. The number of aliphatic carboxylic acids is 1. The van der Waals surface area contributed by atoms with Crippen LogP contribution in [0.2, 0.25) is 5.02 Å². The Morgan fingerprint density at radius 2 is 1.84 bits per heavy atom. The number of hydrogen-bond acceptors (Lipinski definition) is 9. The van der Waals surface area contributed by atoms with E-state index in [-0.39, 0.29) is 25.9 Å². The van der Waals surface area contributed by atoms with Gasteiger partial charge in [-0.1, -0.05) is 98.3 Å². The first kappa shape index (κ1) is 39.7. The van der Waals surface area contributed by atoms with E-state index in [1.165, 1.54) is 6.20 Å². The van der Waals surface area contributed by atoms with Crippen molar-refractivity contribution in [3.63, 3.8) is 0 Å². The Balaban J connectivity index is 1.27. The Morgan fingerprint density at radius 1 is 1.07 bits per heavy atom. The number of nitriles is 1. The number of hydrogen-bond donors (Lipinski definition) is 3. The zero-order valence-electron chi connectivity index (χ0n) is 31.2. The first-order chi connectivity index (χ1) is 26.6. The Kier molecular flexibility index (Phi) is 13.0. The van der Waals surface area contributed by atoms with E-state index in [1.54, 1.807) is 48.7 Å². The van der Waals surface area contributed by atoms with Gasteiger partial charge in [0.1, 0.15) is 42.4 Å². The zero-order valence-corrected chi connectivity index (χ0v) is 31.9. The lowest BCUT2D eigenvalue weighted by molar-refractivity contribution is -0.139. The summed E-state index contributed by atoms with van der Waals surface area (Å²) in [6.45, 7) is 7.52. The molecule has 2 heterocycles. The fourth-order valence-electron chi connectivity index (χ4n) is 7.21. The smallest absolute Gasteiger partial charge is 0.325 e. The SMILES string of the molecule is CC1(C)C(c2ccccc2)=CC=CC1(COc1cc(OCc2cncc(C#N)c2)c(CNC(C(=O)O)c2ccccc2)cc1Cl)OCCCN1CC[C@@H](O)C1. The molecule has 1 saturated heterocycles. The van der Waals surface area contributed by atoms with Crippen LogP contribution in [-0.2, 0) is 22.7 Å². The summed E-state index contributed by atoms with van der Waals surface area (Å²) in [5, 5.41) is 32.9. The number of allylic oxidation sites excluding steroid dienone is 2. The molecule has 3 N–H and O–H groups in total. The summed E-state index contributed by atoms with van der Waals surface area (Å²) in [5.74, 6) is -0.219. The second-order valence-electron chi connectivity index (χ2n) is 14.5. The Morgan fingerprint density at radius 3 is 2.55 bits per heavy atom. The van der Waals surface area contributed by atoms with Crippen LogP contribution in [0.4, 0.5) is 0 Å². The van der Waals surface area contributed by atoms with E-state index in [0.29, 0.717) is 51.9 Å². The largest absolute Gasteiger partial charge is 0.488 e. The van der Waals surface area contributed by atoms with Crippen molar-refractivity contribution in [1.29, 1.82) is 5.26 Å². The standard InChI is InChI=1S/C44H47ClN4O6/c1-43(2)37(33-11-5-3-6-12-33)15-9-17-44(43,55-20-10-18-49-19-16-36(50)28-49)30-54-40-23-39(53-29-32-21-31(24-46)25-47-26-32)35(22-38(40)45)27-48-41(42(51)52)34-13-7-4-8-14-34/h3-9,11-15,17,21-23,25-26,36,41,48,50H,10,16,18-20,27-30H2,1-2H3,(H,51,52)/t36-,41?,44?/m1/s1. The number of carbonyl (C=O) groups is 1. The molecular weight excluding hydrogens is 716 g/mol. The molecule has 2 unspecified atom stereocenters. The number of ether oxygens (including phenoxy) is 3. The molecule has 10 nitrogen and oxygen atoms in total. The minimum absolute atomic E-state index is 0.0970. The van der Waals surface area contributed by atoms with Crippen LogP contribution in [0.1, 0.15) is 60.5 Å². The molecule has 286 valence electrons. The average Bonchev–Trinajstić information content (AvgIpc) is 3.61. The van der Waals surface area contributed by atoms with Crippen molar-refractivity contribution >= 4 is 23.1 Å². The number of β-amino-alcohol motifs (C(OH)–C–C–N with tert-alkyl or cyclic N) is 1. The van der Waals surface area contributed by atoms with Gasteiger partial charge in [-0.15, -0.1) is 0 Å². The molecule has 1 aliphatic heterocycles. The van der Waals surface area contributed by atoms with Crippen molar-refractivity contribution in [3.8, 4) is 17.6 Å². The van der Waals surface area contributed by atoms with Gasteiger partial charge in [0.05, 0.1) is 16.7 Å². The number of carboxylic acid groups (broad SMARTS) is 1. The molecule has 1 fully saturated rings. The monoisotopic (exact) mass is 762 g/mol. The van der Waals surface area contributed by atoms with E-state index in [9.17, 15) is 20.3 Å². The van der Waals surface area contributed by atoms with Crippen LogP contribution >= 0.6 is 11.6 Å². The van der Waals surface area contributed by atoms with Gasteiger partial charge >= 0.3 is 5.97 Å². The molecule has 3 aromatic carbocycles. The number of aliphatic hydroxyl groups excluding tert-OH is 1. The second kappa shape index (κ2) is 18.1. The lowest BCUT2D eigenvalue weighted by Crippen LogP contribution is -2.52. The highest BCUT2D eigenvalue weighted by Gasteiger charge is 2.49. The van der Waals surface area contributed by atoms with Crippen LogP contribution in [0, 0.1) is 16.7 Å². The van der Waals surface area contributed by atoms with Crippen LogP contribution in [0.3, 0.4) is 0 Å². The minimum Gasteiger partial charge on any atom is -0.488 e. The Labute approximate surface area is 327 Å². The predicted molar refractivity (Wildman–Crippen MR) is 212 cm³/mol. The number of likely N-dealkylation sites (tertiary alicyclic amines) is 1. The van der Waals surface area contributed by atoms with Crippen LogP contribution in [0.25, 0.3) is 5.57 Å². The van der Waals surface area contributed by atoms with Crippen LogP contribution in [0.15, 0.2) is 109 Å². The number of aliphatic hydroxyl groups is 1. The van der Waals surface area contributed by atoms with E-state index in [1.807, 2.05) is 30.3 Å². The highest BCUT2D eigenvalue weighted by molar-refractivity contribution is 6.32. The molecule has 1 aromatic heterocycles. The topological polar surface area (TPSA) is 137 Å². The number of benzene rings is 3.